The maximum atomic E-state index is 12.7. The fraction of sp³-hybridized carbons (Fsp3) is 0.318. The molecule has 0 saturated carbocycles. The number of benzene rings is 2. The molecule has 0 amide bonds. The van der Waals surface area contributed by atoms with Gasteiger partial charge >= 0.3 is 5.69 Å². The second-order valence-corrected chi connectivity index (χ2v) is 9.42. The average Bonchev–Trinajstić information content (AvgIpc) is 2.77. The Bertz CT molecular complexity index is 1210. The van der Waals surface area contributed by atoms with E-state index in [0.717, 1.165) is 36.9 Å². The van der Waals surface area contributed by atoms with Gasteiger partial charge in [0.05, 0.1) is 10.4 Å². The third-order valence-electron chi connectivity index (χ3n) is 5.58. The Morgan fingerprint density at radius 2 is 1.94 bits per heavy atom. The van der Waals surface area contributed by atoms with E-state index in [1.807, 2.05) is 18.2 Å². The molecule has 0 unspecified atom stereocenters. The molecule has 2 heterocycles. The highest BCUT2D eigenvalue weighted by Crippen LogP contribution is 2.24. The van der Waals surface area contributed by atoms with Crippen LogP contribution >= 0.6 is 0 Å². The second kappa shape index (κ2) is 9.09. The number of rotatable bonds is 8. The van der Waals surface area contributed by atoms with Crippen molar-refractivity contribution in [1.29, 1.82) is 0 Å². The fourth-order valence-corrected chi connectivity index (χ4v) is 5.20. The Balaban J connectivity index is 1.29. The van der Waals surface area contributed by atoms with Crippen LogP contribution in [0, 0.1) is 4.91 Å². The van der Waals surface area contributed by atoms with E-state index in [1.165, 1.54) is 5.56 Å². The van der Waals surface area contributed by atoms with Gasteiger partial charge in [0.25, 0.3) is 4.92 Å². The van der Waals surface area contributed by atoms with Crippen molar-refractivity contribution in [3.63, 3.8) is 0 Å². The lowest BCUT2D eigenvalue weighted by molar-refractivity contribution is -0.729. The first-order valence-electron chi connectivity index (χ1n) is 10.3. The van der Waals surface area contributed by atoms with Crippen LogP contribution in [0.15, 0.2) is 59.6 Å². The largest absolute Gasteiger partial charge is 0.316 e. The van der Waals surface area contributed by atoms with Crippen LogP contribution in [-0.4, -0.2) is 48.1 Å². The van der Waals surface area contributed by atoms with Crippen molar-refractivity contribution < 1.29 is 18.5 Å². The summed E-state index contributed by atoms with van der Waals surface area (Å²) in [5.74, 6) is 0. The quantitative estimate of drug-likeness (QED) is 0.411. The standard InChI is InChI=1S/C22H25N4O4S/c27-26(28)20-9-8-17-10-14-25(16-19(17)15-20)13-2-1-12-24-31(29,30)21-7-3-5-18-6-4-11-23-22(18)21/h3-9,11,15,24H,1-2,10,12-14,16H2,(H,27,28)/q+1. The molecule has 0 radical (unpaired) electrons. The highest BCUT2D eigenvalue weighted by Gasteiger charge is 2.21. The first kappa shape index (κ1) is 21.4. The number of hydrogen-bond donors (Lipinski definition) is 2. The van der Waals surface area contributed by atoms with E-state index in [9.17, 15) is 13.3 Å². The van der Waals surface area contributed by atoms with Crippen molar-refractivity contribution in [2.45, 2.75) is 30.7 Å². The first-order valence-corrected chi connectivity index (χ1v) is 11.8. The molecular formula is C22H25N4O4S+. The smallest absolute Gasteiger partial charge is 0.299 e. The highest BCUT2D eigenvalue weighted by molar-refractivity contribution is 7.89. The van der Waals surface area contributed by atoms with Crippen molar-refractivity contribution in [2.24, 2.45) is 0 Å². The lowest BCUT2D eigenvalue weighted by Gasteiger charge is -2.28. The summed E-state index contributed by atoms with van der Waals surface area (Å²) in [5.41, 5.74) is 2.95. The minimum atomic E-state index is -3.63. The fourth-order valence-electron chi connectivity index (χ4n) is 3.95. The van der Waals surface area contributed by atoms with E-state index < -0.39 is 10.0 Å². The number of hydrogen-bond acceptors (Lipinski definition) is 5. The number of nitrogens with one attached hydrogen (secondary N) is 1. The van der Waals surface area contributed by atoms with Crippen molar-refractivity contribution >= 4 is 26.6 Å². The van der Waals surface area contributed by atoms with Crippen LogP contribution in [0.2, 0.25) is 0 Å². The molecular weight excluding hydrogens is 416 g/mol. The molecule has 8 nitrogen and oxygen atoms in total. The van der Waals surface area contributed by atoms with Crippen molar-refractivity contribution in [3.8, 4) is 0 Å². The zero-order valence-corrected chi connectivity index (χ0v) is 17.9. The minimum Gasteiger partial charge on any atom is -0.299 e. The monoisotopic (exact) mass is 441 g/mol. The highest BCUT2D eigenvalue weighted by atomic mass is 32.2. The number of para-hydroxylation sites is 1. The summed E-state index contributed by atoms with van der Waals surface area (Å²) >= 11 is 0. The molecule has 1 aliphatic rings. The molecule has 0 spiro atoms. The van der Waals surface area contributed by atoms with Crippen LogP contribution in [0.25, 0.3) is 10.9 Å². The first-order chi connectivity index (χ1) is 14.9. The third-order valence-corrected chi connectivity index (χ3v) is 7.07. The van der Waals surface area contributed by atoms with Gasteiger partial charge in [-0.2, -0.15) is 0 Å². The molecule has 0 saturated heterocycles. The molecule has 3 aromatic rings. The van der Waals surface area contributed by atoms with Crippen LogP contribution in [0.4, 0.5) is 5.69 Å². The second-order valence-electron chi connectivity index (χ2n) is 7.69. The Morgan fingerprint density at radius 1 is 1.10 bits per heavy atom. The van der Waals surface area contributed by atoms with E-state index in [-0.39, 0.29) is 15.5 Å². The predicted octanol–water partition coefficient (Wildman–Crippen LogP) is 3.15. The van der Waals surface area contributed by atoms with Gasteiger partial charge in [0.15, 0.2) is 0 Å². The van der Waals surface area contributed by atoms with Gasteiger partial charge < -0.3 is 0 Å². The van der Waals surface area contributed by atoms with Gasteiger partial charge in [-0.3, -0.25) is 9.88 Å². The number of unbranched alkanes of at least 4 members (excludes halogenated alkanes) is 1. The SMILES string of the molecule is O=[N+](O)c1ccc2c(c1)CN(CCCCNS(=O)(=O)c1cccc3cccnc13)CC2. The van der Waals surface area contributed by atoms with Crippen molar-refractivity contribution in [3.05, 3.63) is 70.8 Å². The Morgan fingerprint density at radius 3 is 2.77 bits per heavy atom. The van der Waals surface area contributed by atoms with Gasteiger partial charge in [0, 0.05) is 43.4 Å². The molecule has 0 aliphatic carbocycles. The Hall–Kier alpha value is -2.88. The van der Waals surface area contributed by atoms with Gasteiger partial charge in [-0.15, -0.1) is 0 Å². The molecule has 9 heteroatoms. The summed E-state index contributed by atoms with van der Waals surface area (Å²) in [4.78, 5) is 17.7. The van der Waals surface area contributed by atoms with Gasteiger partial charge in [0.1, 0.15) is 4.90 Å². The summed E-state index contributed by atoms with van der Waals surface area (Å²) < 4.78 is 28.1. The molecule has 0 fully saturated rings. The predicted molar refractivity (Wildman–Crippen MR) is 117 cm³/mol. The molecule has 31 heavy (non-hydrogen) atoms. The summed E-state index contributed by atoms with van der Waals surface area (Å²) in [6.45, 7) is 2.82. The number of nitrogens with zero attached hydrogens (tertiary/aromatic N) is 3. The zero-order valence-electron chi connectivity index (χ0n) is 17.1. The third kappa shape index (κ3) is 4.90. The van der Waals surface area contributed by atoms with Gasteiger partial charge in [0.2, 0.25) is 10.0 Å². The van der Waals surface area contributed by atoms with Crippen LogP contribution in [0.1, 0.15) is 24.0 Å². The molecule has 1 aliphatic heterocycles. The van der Waals surface area contributed by atoms with Gasteiger partial charge in [-0.25, -0.2) is 18.3 Å². The molecule has 0 bridgehead atoms. The molecule has 1 aromatic heterocycles. The average molecular weight is 442 g/mol. The normalized spacial score (nSPS) is 14.5. The molecule has 0 atom stereocenters. The van der Waals surface area contributed by atoms with Crippen LogP contribution in [-0.2, 0) is 23.0 Å². The van der Waals surface area contributed by atoms with E-state index in [0.29, 0.717) is 25.0 Å². The van der Waals surface area contributed by atoms with Gasteiger partial charge in [-0.1, -0.05) is 24.3 Å². The van der Waals surface area contributed by atoms with Crippen LogP contribution in [0.3, 0.4) is 0 Å². The summed E-state index contributed by atoms with van der Waals surface area (Å²) in [6, 6.07) is 14.0. The number of aromatic nitrogens is 1. The Labute approximate surface area is 181 Å². The maximum Gasteiger partial charge on any atom is 0.316 e. The molecule has 162 valence electrons. The van der Waals surface area contributed by atoms with E-state index >= 15 is 0 Å². The summed E-state index contributed by atoms with van der Waals surface area (Å²) in [5, 5.41) is 9.89. The van der Waals surface area contributed by atoms with Gasteiger partial charge in [-0.05, 0) is 49.1 Å². The zero-order chi connectivity index (χ0) is 21.8. The molecule has 2 N–H and O–H groups in total. The van der Waals surface area contributed by atoms with Crippen molar-refractivity contribution in [1.82, 2.24) is 14.6 Å². The molecule has 4 rings (SSSR count). The van der Waals surface area contributed by atoms with E-state index in [4.69, 9.17) is 5.21 Å². The summed E-state index contributed by atoms with van der Waals surface area (Å²) in [7, 11) is -3.63. The molecule has 2 aromatic carbocycles. The van der Waals surface area contributed by atoms with Crippen molar-refractivity contribution in [2.75, 3.05) is 19.6 Å². The lowest BCUT2D eigenvalue weighted by atomic mass is 9.99. The van der Waals surface area contributed by atoms with E-state index in [2.05, 4.69) is 14.6 Å². The van der Waals surface area contributed by atoms with E-state index in [1.54, 1.807) is 36.5 Å². The minimum absolute atomic E-state index is 0.114. The topological polar surface area (TPSA) is 103 Å². The number of sulfonamides is 1. The van der Waals surface area contributed by atoms with Crippen LogP contribution in [0.5, 0.6) is 0 Å². The number of fused-ring (bicyclic) bond motifs is 2. The Kier molecular flexibility index (Phi) is 6.26. The lowest BCUT2D eigenvalue weighted by Crippen LogP contribution is -2.32. The summed E-state index contributed by atoms with van der Waals surface area (Å²) in [6.07, 6.45) is 4.04. The van der Waals surface area contributed by atoms with Crippen LogP contribution < -0.4 is 4.72 Å². The number of pyridine rings is 1. The maximum absolute atomic E-state index is 12.7.